The van der Waals surface area contributed by atoms with Crippen LogP contribution in [-0.2, 0) is 14.8 Å². The fourth-order valence-electron chi connectivity index (χ4n) is 1.93. The van der Waals surface area contributed by atoms with E-state index in [4.69, 9.17) is 4.74 Å². The molecule has 0 saturated carbocycles. The van der Waals surface area contributed by atoms with Gasteiger partial charge in [0, 0.05) is 26.2 Å². The Morgan fingerprint density at radius 1 is 1.20 bits per heavy atom. The molecule has 5 nitrogen and oxygen atoms in total. The average Bonchev–Trinajstić information content (AvgIpc) is 2.11. The monoisotopic (exact) mass is 234 g/mol. The Labute approximate surface area is 90.8 Å². The first-order valence-corrected chi connectivity index (χ1v) is 7.22. The first kappa shape index (κ1) is 11.3. The van der Waals surface area contributed by atoms with Crippen LogP contribution in [0.25, 0.3) is 0 Å². The lowest BCUT2D eigenvalue weighted by molar-refractivity contribution is -0.0552. The van der Waals surface area contributed by atoms with Crippen molar-refractivity contribution in [1.82, 2.24) is 9.62 Å². The summed E-state index contributed by atoms with van der Waals surface area (Å²) in [5.74, 6) is 0. The van der Waals surface area contributed by atoms with Gasteiger partial charge in [-0.1, -0.05) is 0 Å². The Morgan fingerprint density at radius 3 is 2.20 bits per heavy atom. The molecule has 2 fully saturated rings. The van der Waals surface area contributed by atoms with Crippen LogP contribution in [0.4, 0.5) is 0 Å². The van der Waals surface area contributed by atoms with Crippen molar-refractivity contribution in [3.63, 3.8) is 0 Å². The number of piperidine rings is 1. The van der Waals surface area contributed by atoms with Gasteiger partial charge in [-0.3, -0.25) is 0 Å². The molecule has 0 aromatic rings. The first-order chi connectivity index (χ1) is 7.05. The van der Waals surface area contributed by atoms with E-state index in [1.165, 1.54) is 10.6 Å². The molecule has 2 aliphatic rings. The molecule has 0 unspecified atom stereocenters. The predicted molar refractivity (Wildman–Crippen MR) is 57.2 cm³/mol. The molecule has 0 aromatic carbocycles. The minimum atomic E-state index is -3.00. The zero-order valence-corrected chi connectivity index (χ0v) is 9.79. The highest BCUT2D eigenvalue weighted by molar-refractivity contribution is 7.88. The van der Waals surface area contributed by atoms with Gasteiger partial charge in [0.1, 0.15) is 0 Å². The highest BCUT2D eigenvalue weighted by atomic mass is 32.2. The molecule has 0 atom stereocenters. The van der Waals surface area contributed by atoms with Gasteiger partial charge in [-0.05, 0) is 12.8 Å². The molecular formula is C9H18N2O3S. The highest BCUT2D eigenvalue weighted by Gasteiger charge is 2.28. The lowest BCUT2D eigenvalue weighted by atomic mass is 10.1. The van der Waals surface area contributed by atoms with Gasteiger partial charge in [-0.2, -0.15) is 0 Å². The fraction of sp³-hybridized carbons (Fsp3) is 1.00. The quantitative estimate of drug-likeness (QED) is 0.708. The summed E-state index contributed by atoms with van der Waals surface area (Å²) in [5.41, 5.74) is 0. The van der Waals surface area contributed by atoms with E-state index in [0.717, 1.165) is 25.9 Å². The van der Waals surface area contributed by atoms with Crippen LogP contribution >= 0.6 is 0 Å². The third-order valence-electron chi connectivity index (χ3n) is 3.00. The number of nitrogens with one attached hydrogen (secondary N) is 1. The average molecular weight is 234 g/mol. The summed E-state index contributed by atoms with van der Waals surface area (Å²) in [6, 6.07) is 0. The van der Waals surface area contributed by atoms with Crippen molar-refractivity contribution >= 4 is 10.0 Å². The van der Waals surface area contributed by atoms with E-state index in [-0.39, 0.29) is 6.10 Å². The third kappa shape index (κ3) is 2.90. The summed E-state index contributed by atoms with van der Waals surface area (Å²) in [6.45, 7) is 3.08. The van der Waals surface area contributed by atoms with E-state index < -0.39 is 10.0 Å². The van der Waals surface area contributed by atoms with Crippen molar-refractivity contribution in [3.8, 4) is 0 Å². The van der Waals surface area contributed by atoms with Gasteiger partial charge < -0.3 is 10.1 Å². The van der Waals surface area contributed by atoms with E-state index in [1.807, 2.05) is 0 Å². The molecule has 0 bridgehead atoms. The van der Waals surface area contributed by atoms with E-state index in [9.17, 15) is 8.42 Å². The molecule has 2 aliphatic heterocycles. The Hall–Kier alpha value is -0.170. The second-order valence-electron chi connectivity index (χ2n) is 4.28. The Morgan fingerprint density at radius 2 is 1.80 bits per heavy atom. The van der Waals surface area contributed by atoms with Crippen molar-refractivity contribution < 1.29 is 13.2 Å². The molecule has 2 saturated heterocycles. The second-order valence-corrected chi connectivity index (χ2v) is 6.26. The maximum absolute atomic E-state index is 11.3. The zero-order chi connectivity index (χ0) is 10.9. The van der Waals surface area contributed by atoms with Gasteiger partial charge in [0.25, 0.3) is 0 Å². The maximum atomic E-state index is 11.3. The van der Waals surface area contributed by atoms with Crippen molar-refractivity contribution in [3.05, 3.63) is 0 Å². The van der Waals surface area contributed by atoms with E-state index >= 15 is 0 Å². The second kappa shape index (κ2) is 4.37. The van der Waals surface area contributed by atoms with Gasteiger partial charge in [0.2, 0.25) is 10.0 Å². The van der Waals surface area contributed by atoms with Crippen LogP contribution in [0.2, 0.25) is 0 Å². The van der Waals surface area contributed by atoms with Crippen LogP contribution < -0.4 is 5.32 Å². The molecule has 6 heteroatoms. The molecule has 0 radical (unpaired) electrons. The minimum Gasteiger partial charge on any atom is -0.372 e. The first-order valence-electron chi connectivity index (χ1n) is 5.37. The summed E-state index contributed by atoms with van der Waals surface area (Å²) in [6.07, 6.45) is 3.51. The van der Waals surface area contributed by atoms with Gasteiger partial charge in [-0.15, -0.1) is 0 Å². The highest BCUT2D eigenvalue weighted by Crippen LogP contribution is 2.18. The molecule has 2 heterocycles. The molecule has 2 rings (SSSR count). The molecule has 0 aliphatic carbocycles. The minimum absolute atomic E-state index is 0.245. The largest absolute Gasteiger partial charge is 0.372 e. The molecule has 0 aromatic heterocycles. The number of hydrogen-bond donors (Lipinski definition) is 1. The Bertz CT molecular complexity index is 305. The normalized spacial score (nSPS) is 26.5. The lowest BCUT2D eigenvalue weighted by Crippen LogP contribution is -2.51. The van der Waals surface area contributed by atoms with Gasteiger partial charge in [0.15, 0.2) is 0 Å². The predicted octanol–water partition coefficient (Wildman–Crippen LogP) is -0.601. The van der Waals surface area contributed by atoms with Gasteiger partial charge in [0.05, 0.1) is 18.5 Å². The summed E-state index contributed by atoms with van der Waals surface area (Å²) in [5, 5.41) is 3.15. The molecule has 0 spiro atoms. The Kier molecular flexibility index (Phi) is 3.30. The van der Waals surface area contributed by atoms with E-state index in [2.05, 4.69) is 5.32 Å². The summed E-state index contributed by atoms with van der Waals surface area (Å²) < 4.78 is 29.9. The molecular weight excluding hydrogens is 216 g/mol. The zero-order valence-electron chi connectivity index (χ0n) is 8.98. The molecule has 15 heavy (non-hydrogen) atoms. The summed E-state index contributed by atoms with van der Waals surface area (Å²) >= 11 is 0. The molecule has 88 valence electrons. The fourth-order valence-corrected chi connectivity index (χ4v) is 2.80. The number of nitrogens with zero attached hydrogens (tertiary/aromatic N) is 1. The molecule has 0 amide bonds. The van der Waals surface area contributed by atoms with E-state index in [1.54, 1.807) is 0 Å². The van der Waals surface area contributed by atoms with Crippen LogP contribution in [0.1, 0.15) is 12.8 Å². The van der Waals surface area contributed by atoms with Crippen molar-refractivity contribution in [2.75, 3.05) is 32.4 Å². The number of rotatable bonds is 3. The van der Waals surface area contributed by atoms with Crippen molar-refractivity contribution in [2.24, 2.45) is 0 Å². The number of ether oxygens (including phenoxy) is 1. The lowest BCUT2D eigenvalue weighted by Gasteiger charge is -2.35. The number of hydrogen-bond acceptors (Lipinski definition) is 4. The van der Waals surface area contributed by atoms with Crippen LogP contribution in [0.5, 0.6) is 0 Å². The SMILES string of the molecule is CS(=O)(=O)N1CCC(OC2CNC2)CC1. The smallest absolute Gasteiger partial charge is 0.211 e. The number of sulfonamides is 1. The summed E-state index contributed by atoms with van der Waals surface area (Å²) in [4.78, 5) is 0. The van der Waals surface area contributed by atoms with E-state index in [0.29, 0.717) is 19.2 Å². The Balaban J connectivity index is 1.76. The molecule has 1 N–H and O–H groups in total. The van der Waals surface area contributed by atoms with Crippen LogP contribution in [0, 0.1) is 0 Å². The van der Waals surface area contributed by atoms with Gasteiger partial charge in [-0.25, -0.2) is 12.7 Å². The van der Waals surface area contributed by atoms with Crippen LogP contribution in [0.3, 0.4) is 0 Å². The summed E-state index contributed by atoms with van der Waals surface area (Å²) in [7, 11) is -3.00. The standard InChI is InChI=1S/C9H18N2O3S/c1-15(12,13)11-4-2-8(3-5-11)14-9-6-10-7-9/h8-10H,2-7H2,1H3. The third-order valence-corrected chi connectivity index (χ3v) is 4.30. The van der Waals surface area contributed by atoms with Crippen molar-refractivity contribution in [2.45, 2.75) is 25.0 Å². The topological polar surface area (TPSA) is 58.6 Å². The van der Waals surface area contributed by atoms with Gasteiger partial charge >= 0.3 is 0 Å². The van der Waals surface area contributed by atoms with Crippen LogP contribution in [0.15, 0.2) is 0 Å². The van der Waals surface area contributed by atoms with Crippen molar-refractivity contribution in [1.29, 1.82) is 0 Å². The maximum Gasteiger partial charge on any atom is 0.211 e. The van der Waals surface area contributed by atoms with Crippen LogP contribution in [-0.4, -0.2) is 57.4 Å².